The fourth-order valence-electron chi connectivity index (χ4n) is 3.27. The van der Waals surface area contributed by atoms with E-state index in [4.69, 9.17) is 25.8 Å². The Labute approximate surface area is 146 Å². The minimum atomic E-state index is -0.547. The molecule has 0 unspecified atom stereocenters. The van der Waals surface area contributed by atoms with Gasteiger partial charge in [-0.25, -0.2) is 0 Å². The number of carbonyl (C=O) groups excluding carboxylic acids is 1. The van der Waals surface area contributed by atoms with Gasteiger partial charge in [0.1, 0.15) is 22.6 Å². The van der Waals surface area contributed by atoms with Crippen LogP contribution < -0.4 is 14.2 Å². The molecule has 5 heteroatoms. The second-order valence-electron chi connectivity index (χ2n) is 5.66. The Morgan fingerprint density at radius 3 is 2.00 bits per heavy atom. The third-order valence-corrected chi connectivity index (χ3v) is 4.99. The third kappa shape index (κ3) is 2.61. The molecule has 3 rings (SSSR count). The van der Waals surface area contributed by atoms with Gasteiger partial charge in [0.25, 0.3) is 0 Å². The molecule has 0 N–H and O–H groups in total. The fraction of sp³-hybridized carbons (Fsp3) is 0.316. The van der Waals surface area contributed by atoms with Crippen molar-refractivity contribution in [2.75, 3.05) is 21.3 Å². The van der Waals surface area contributed by atoms with E-state index in [9.17, 15) is 4.79 Å². The smallest absolute Gasteiger partial charge is 0.159 e. The van der Waals surface area contributed by atoms with Crippen molar-refractivity contribution < 1.29 is 19.0 Å². The Hall–Kier alpha value is -2.20. The summed E-state index contributed by atoms with van der Waals surface area (Å²) in [5, 5.41) is -0.547. The number of Topliss-reactive ketones (excluding diaryl/α,β-unsaturated/α-hetero) is 1. The molecule has 0 aromatic heterocycles. The number of carbonyl (C=O) groups is 1. The van der Waals surface area contributed by atoms with E-state index in [1.165, 1.54) is 0 Å². The van der Waals surface area contributed by atoms with Gasteiger partial charge in [-0.15, -0.1) is 11.6 Å². The van der Waals surface area contributed by atoms with Crippen LogP contribution in [0.15, 0.2) is 42.5 Å². The lowest BCUT2D eigenvalue weighted by molar-refractivity contribution is -0.126. The maximum Gasteiger partial charge on any atom is 0.159 e. The van der Waals surface area contributed by atoms with Crippen LogP contribution in [0.3, 0.4) is 0 Å². The molecule has 0 saturated heterocycles. The highest BCUT2D eigenvalue weighted by Crippen LogP contribution is 2.54. The summed E-state index contributed by atoms with van der Waals surface area (Å²) in [4.78, 5) is 12.6. The average molecular weight is 347 g/mol. The molecule has 2 aromatic carbocycles. The molecule has 1 aliphatic rings. The molecule has 0 radical (unpaired) electrons. The number of halogens is 1. The van der Waals surface area contributed by atoms with E-state index in [1.807, 2.05) is 30.3 Å². The van der Waals surface area contributed by atoms with E-state index in [0.717, 1.165) is 11.1 Å². The molecule has 0 amide bonds. The van der Waals surface area contributed by atoms with Crippen LogP contribution in [0.1, 0.15) is 23.0 Å². The number of hydrogen-bond acceptors (Lipinski definition) is 4. The third-order valence-electron chi connectivity index (χ3n) is 4.50. The first-order valence-electron chi connectivity index (χ1n) is 7.65. The molecule has 0 aliphatic heterocycles. The Kier molecular flexibility index (Phi) is 4.67. The highest BCUT2D eigenvalue weighted by molar-refractivity contribution is 6.36. The summed E-state index contributed by atoms with van der Waals surface area (Å²) in [6, 6.07) is 13.3. The zero-order valence-electron chi connectivity index (χ0n) is 13.8. The normalized spacial score (nSPS) is 22.7. The Morgan fingerprint density at radius 1 is 0.917 bits per heavy atom. The van der Waals surface area contributed by atoms with Gasteiger partial charge in [0.15, 0.2) is 5.78 Å². The van der Waals surface area contributed by atoms with Gasteiger partial charge >= 0.3 is 0 Å². The Bertz CT molecular complexity index is 719. The van der Waals surface area contributed by atoms with Gasteiger partial charge in [0.05, 0.1) is 27.2 Å². The molecule has 4 nitrogen and oxygen atoms in total. The van der Waals surface area contributed by atoms with Crippen molar-refractivity contribution in [3.63, 3.8) is 0 Å². The van der Waals surface area contributed by atoms with Crippen LogP contribution in [-0.4, -0.2) is 32.5 Å². The molecule has 0 bridgehead atoms. The number of ketones is 1. The number of ether oxygens (including phenoxy) is 3. The summed E-state index contributed by atoms with van der Waals surface area (Å²) in [6.07, 6.45) is 0. The Morgan fingerprint density at radius 2 is 1.50 bits per heavy atom. The number of alkyl halides is 1. The molecular formula is C19H19ClO4. The lowest BCUT2D eigenvalue weighted by atomic mass is 9.65. The van der Waals surface area contributed by atoms with Gasteiger partial charge in [-0.05, 0) is 5.56 Å². The van der Waals surface area contributed by atoms with Crippen molar-refractivity contribution in [1.82, 2.24) is 0 Å². The zero-order valence-corrected chi connectivity index (χ0v) is 14.5. The molecule has 1 aliphatic carbocycles. The predicted molar refractivity (Wildman–Crippen MR) is 92.7 cm³/mol. The first-order chi connectivity index (χ1) is 11.6. The van der Waals surface area contributed by atoms with Crippen LogP contribution in [0.2, 0.25) is 0 Å². The van der Waals surface area contributed by atoms with Crippen molar-refractivity contribution in [3.8, 4) is 17.2 Å². The number of methoxy groups -OCH3 is 3. The second kappa shape index (κ2) is 6.73. The van der Waals surface area contributed by atoms with Gasteiger partial charge in [-0.1, -0.05) is 30.3 Å². The van der Waals surface area contributed by atoms with E-state index >= 15 is 0 Å². The SMILES string of the molecule is COc1cc(OC)c([C@@H]2C(=O)[C@H](Cl)[C@H]2c2ccccc2)c(OC)c1. The van der Waals surface area contributed by atoms with Gasteiger partial charge in [-0.3, -0.25) is 4.79 Å². The molecule has 1 fully saturated rings. The van der Waals surface area contributed by atoms with Crippen LogP contribution >= 0.6 is 11.6 Å². The second-order valence-corrected chi connectivity index (χ2v) is 6.13. The standard InChI is InChI=1S/C19H19ClO4/c1-22-12-9-13(23-2)16(14(10-12)24-3)17-15(18(20)19(17)21)11-7-5-4-6-8-11/h4-10,15,17-18H,1-3H3/t15-,17+,18+/m0/s1. The average Bonchev–Trinajstić information content (AvgIpc) is 2.64. The van der Waals surface area contributed by atoms with Gasteiger partial charge < -0.3 is 14.2 Å². The molecule has 2 aromatic rings. The van der Waals surface area contributed by atoms with Gasteiger partial charge in [-0.2, -0.15) is 0 Å². The molecule has 126 valence electrons. The summed E-state index contributed by atoms with van der Waals surface area (Å²) in [5.74, 6) is 1.20. The van der Waals surface area contributed by atoms with Crippen molar-refractivity contribution >= 4 is 17.4 Å². The lowest BCUT2D eigenvalue weighted by Crippen LogP contribution is -2.45. The monoisotopic (exact) mass is 346 g/mol. The summed E-state index contributed by atoms with van der Waals surface area (Å²) in [7, 11) is 4.71. The summed E-state index contributed by atoms with van der Waals surface area (Å²) < 4.78 is 16.3. The summed E-state index contributed by atoms with van der Waals surface area (Å²) in [5.41, 5.74) is 1.75. The quantitative estimate of drug-likeness (QED) is 0.773. The largest absolute Gasteiger partial charge is 0.496 e. The number of hydrogen-bond donors (Lipinski definition) is 0. The zero-order chi connectivity index (χ0) is 17.3. The minimum absolute atomic E-state index is 0.0210. The maximum absolute atomic E-state index is 12.6. The molecule has 3 atom stereocenters. The molecule has 0 spiro atoms. The van der Waals surface area contributed by atoms with E-state index < -0.39 is 11.3 Å². The first-order valence-corrected chi connectivity index (χ1v) is 8.08. The van der Waals surface area contributed by atoms with Gasteiger partial charge in [0.2, 0.25) is 0 Å². The lowest BCUT2D eigenvalue weighted by Gasteiger charge is -2.41. The minimum Gasteiger partial charge on any atom is -0.496 e. The first kappa shape index (κ1) is 16.7. The maximum atomic E-state index is 12.6. The Balaban J connectivity index is 2.11. The van der Waals surface area contributed by atoms with Crippen LogP contribution in [0.25, 0.3) is 0 Å². The molecule has 1 saturated carbocycles. The van der Waals surface area contributed by atoms with Crippen molar-refractivity contribution in [1.29, 1.82) is 0 Å². The van der Waals surface area contributed by atoms with Crippen molar-refractivity contribution in [2.45, 2.75) is 17.2 Å². The van der Waals surface area contributed by atoms with Crippen molar-refractivity contribution in [3.05, 3.63) is 53.6 Å². The van der Waals surface area contributed by atoms with E-state index in [1.54, 1.807) is 33.5 Å². The predicted octanol–water partition coefficient (Wildman–Crippen LogP) is 3.77. The molecule has 0 heterocycles. The van der Waals surface area contributed by atoms with Gasteiger partial charge in [0, 0.05) is 23.6 Å². The fourth-order valence-corrected chi connectivity index (χ4v) is 3.70. The topological polar surface area (TPSA) is 44.8 Å². The molecule has 24 heavy (non-hydrogen) atoms. The van der Waals surface area contributed by atoms with Crippen LogP contribution in [0.4, 0.5) is 0 Å². The van der Waals surface area contributed by atoms with Crippen LogP contribution in [0, 0.1) is 0 Å². The van der Waals surface area contributed by atoms with Crippen LogP contribution in [-0.2, 0) is 4.79 Å². The van der Waals surface area contributed by atoms with E-state index in [-0.39, 0.29) is 11.7 Å². The summed E-state index contributed by atoms with van der Waals surface area (Å²) in [6.45, 7) is 0. The highest BCUT2D eigenvalue weighted by Gasteiger charge is 2.52. The number of benzene rings is 2. The van der Waals surface area contributed by atoms with E-state index in [0.29, 0.717) is 17.2 Å². The summed E-state index contributed by atoms with van der Waals surface area (Å²) >= 11 is 6.34. The van der Waals surface area contributed by atoms with E-state index in [2.05, 4.69) is 0 Å². The van der Waals surface area contributed by atoms with Crippen molar-refractivity contribution in [2.24, 2.45) is 0 Å². The molecular weight excluding hydrogens is 328 g/mol. The highest BCUT2D eigenvalue weighted by atomic mass is 35.5. The van der Waals surface area contributed by atoms with Crippen LogP contribution in [0.5, 0.6) is 17.2 Å². The number of rotatable bonds is 5.